The van der Waals surface area contributed by atoms with E-state index >= 15 is 0 Å². The van der Waals surface area contributed by atoms with Gasteiger partial charge < -0.3 is 9.64 Å². The molecule has 1 aromatic rings. The van der Waals surface area contributed by atoms with Crippen LogP contribution in [0.2, 0.25) is 0 Å². The van der Waals surface area contributed by atoms with Crippen molar-refractivity contribution < 1.29 is 14.3 Å². The van der Waals surface area contributed by atoms with Crippen LogP contribution in [0.15, 0.2) is 30.3 Å². The summed E-state index contributed by atoms with van der Waals surface area (Å²) < 4.78 is 5.55. The standard InChI is InChI=1S/C20H28N2O3/c1-15(16-9-6-5-7-10-16)21-14-12-20(17(21)23)11-8-13-22(20)18(24)25-19(2,3)4/h5-7,9-10,15H,8,11-14H2,1-4H3/t15-,20-/m1/s1. The summed E-state index contributed by atoms with van der Waals surface area (Å²) in [6.45, 7) is 8.89. The highest BCUT2D eigenvalue weighted by Crippen LogP contribution is 2.42. The third-order valence-electron chi connectivity index (χ3n) is 5.28. The fourth-order valence-corrected chi connectivity index (χ4v) is 4.01. The van der Waals surface area contributed by atoms with E-state index in [-0.39, 0.29) is 18.0 Å². The van der Waals surface area contributed by atoms with Gasteiger partial charge in [-0.1, -0.05) is 30.3 Å². The number of amides is 2. The Bertz CT molecular complexity index is 653. The summed E-state index contributed by atoms with van der Waals surface area (Å²) in [7, 11) is 0. The summed E-state index contributed by atoms with van der Waals surface area (Å²) in [6.07, 6.45) is 1.89. The largest absolute Gasteiger partial charge is 0.444 e. The van der Waals surface area contributed by atoms with E-state index in [0.29, 0.717) is 19.5 Å². The van der Waals surface area contributed by atoms with Crippen LogP contribution in [-0.4, -0.2) is 46.0 Å². The Morgan fingerprint density at radius 3 is 2.48 bits per heavy atom. The lowest BCUT2D eigenvalue weighted by molar-refractivity contribution is -0.138. The summed E-state index contributed by atoms with van der Waals surface area (Å²) in [4.78, 5) is 29.5. The maximum atomic E-state index is 13.3. The predicted octanol–water partition coefficient (Wildman–Crippen LogP) is 3.75. The van der Waals surface area contributed by atoms with E-state index in [4.69, 9.17) is 4.74 Å². The predicted molar refractivity (Wildman–Crippen MR) is 96.1 cm³/mol. The number of hydrogen-bond donors (Lipinski definition) is 0. The minimum absolute atomic E-state index is 0.00848. The monoisotopic (exact) mass is 344 g/mol. The summed E-state index contributed by atoms with van der Waals surface area (Å²) in [5.41, 5.74) is -0.153. The highest BCUT2D eigenvalue weighted by molar-refractivity contribution is 5.92. The summed E-state index contributed by atoms with van der Waals surface area (Å²) >= 11 is 0. The van der Waals surface area contributed by atoms with Gasteiger partial charge in [0, 0.05) is 13.1 Å². The molecule has 136 valence electrons. The van der Waals surface area contributed by atoms with Crippen molar-refractivity contribution in [2.24, 2.45) is 0 Å². The zero-order valence-electron chi connectivity index (χ0n) is 15.6. The number of rotatable bonds is 2. The van der Waals surface area contributed by atoms with Gasteiger partial charge in [0.15, 0.2) is 0 Å². The van der Waals surface area contributed by atoms with Gasteiger partial charge in [0.2, 0.25) is 5.91 Å². The topological polar surface area (TPSA) is 49.9 Å². The number of likely N-dealkylation sites (tertiary alicyclic amines) is 2. The van der Waals surface area contributed by atoms with Gasteiger partial charge in [-0.15, -0.1) is 0 Å². The second-order valence-electron chi connectivity index (χ2n) is 8.10. The van der Waals surface area contributed by atoms with Crippen molar-refractivity contribution in [2.45, 2.75) is 64.1 Å². The highest BCUT2D eigenvalue weighted by Gasteiger charge is 2.56. The van der Waals surface area contributed by atoms with E-state index in [9.17, 15) is 9.59 Å². The molecule has 0 aromatic heterocycles. The smallest absolute Gasteiger partial charge is 0.411 e. The molecule has 0 N–H and O–H groups in total. The fourth-order valence-electron chi connectivity index (χ4n) is 4.01. The first-order valence-corrected chi connectivity index (χ1v) is 9.11. The molecular weight excluding hydrogens is 316 g/mol. The molecule has 2 atom stereocenters. The Morgan fingerprint density at radius 1 is 1.16 bits per heavy atom. The van der Waals surface area contributed by atoms with Crippen molar-refractivity contribution in [3.05, 3.63) is 35.9 Å². The molecule has 2 heterocycles. The zero-order valence-corrected chi connectivity index (χ0v) is 15.6. The Labute approximate surface area is 149 Å². The van der Waals surface area contributed by atoms with Gasteiger partial charge in [-0.3, -0.25) is 9.69 Å². The maximum absolute atomic E-state index is 13.3. The second kappa shape index (κ2) is 6.36. The summed E-state index contributed by atoms with van der Waals surface area (Å²) in [5.74, 6) is 0.0622. The van der Waals surface area contributed by atoms with Gasteiger partial charge in [0.25, 0.3) is 0 Å². The third-order valence-corrected chi connectivity index (χ3v) is 5.28. The average Bonchev–Trinajstić information content (AvgIpc) is 3.12. The van der Waals surface area contributed by atoms with E-state index in [1.54, 1.807) is 4.90 Å². The second-order valence-corrected chi connectivity index (χ2v) is 8.10. The van der Waals surface area contributed by atoms with Crippen LogP contribution in [0.3, 0.4) is 0 Å². The number of benzene rings is 1. The van der Waals surface area contributed by atoms with Crippen LogP contribution in [0.4, 0.5) is 4.79 Å². The number of ether oxygens (including phenoxy) is 1. The van der Waals surface area contributed by atoms with E-state index in [1.165, 1.54) is 0 Å². The van der Waals surface area contributed by atoms with Crippen LogP contribution in [0.5, 0.6) is 0 Å². The van der Waals surface area contributed by atoms with Gasteiger partial charge in [-0.2, -0.15) is 0 Å². The third kappa shape index (κ3) is 3.24. The first-order valence-electron chi connectivity index (χ1n) is 9.11. The Kier molecular flexibility index (Phi) is 4.52. The van der Waals surface area contributed by atoms with Crippen LogP contribution in [-0.2, 0) is 9.53 Å². The molecule has 0 saturated carbocycles. The Hall–Kier alpha value is -2.04. The lowest BCUT2D eigenvalue weighted by Crippen LogP contribution is -2.54. The molecule has 2 saturated heterocycles. The van der Waals surface area contributed by atoms with Crippen molar-refractivity contribution in [3.8, 4) is 0 Å². The van der Waals surface area contributed by atoms with Gasteiger partial charge in [-0.25, -0.2) is 4.79 Å². The van der Waals surface area contributed by atoms with Crippen LogP contribution in [0.25, 0.3) is 0 Å². The summed E-state index contributed by atoms with van der Waals surface area (Å²) in [6, 6.07) is 10.1. The molecule has 25 heavy (non-hydrogen) atoms. The van der Waals surface area contributed by atoms with Crippen LogP contribution >= 0.6 is 0 Å². The highest BCUT2D eigenvalue weighted by atomic mass is 16.6. The normalized spacial score (nSPS) is 24.9. The van der Waals surface area contributed by atoms with Crippen molar-refractivity contribution in [2.75, 3.05) is 13.1 Å². The first kappa shape index (κ1) is 17.8. The minimum atomic E-state index is -0.717. The van der Waals surface area contributed by atoms with E-state index in [0.717, 1.165) is 18.4 Å². The van der Waals surface area contributed by atoms with Gasteiger partial charge in [-0.05, 0) is 52.5 Å². The lowest BCUT2D eigenvalue weighted by Gasteiger charge is -2.35. The van der Waals surface area contributed by atoms with Gasteiger partial charge in [0.05, 0.1) is 6.04 Å². The quantitative estimate of drug-likeness (QED) is 0.821. The number of carbonyl (C=O) groups is 2. The zero-order chi connectivity index (χ0) is 18.2. The molecule has 0 unspecified atom stereocenters. The van der Waals surface area contributed by atoms with E-state index < -0.39 is 11.1 Å². The Morgan fingerprint density at radius 2 is 1.84 bits per heavy atom. The molecule has 2 aliphatic heterocycles. The molecule has 1 spiro atoms. The van der Waals surface area contributed by atoms with E-state index in [1.807, 2.05) is 56.0 Å². The molecule has 5 nitrogen and oxygen atoms in total. The lowest BCUT2D eigenvalue weighted by atomic mass is 9.94. The molecule has 5 heteroatoms. The number of nitrogens with zero attached hydrogens (tertiary/aromatic N) is 2. The molecular formula is C20H28N2O3. The molecule has 0 bridgehead atoms. The molecule has 0 aliphatic carbocycles. The van der Waals surface area contributed by atoms with Crippen LogP contribution in [0, 0.1) is 0 Å². The molecule has 3 rings (SSSR count). The summed E-state index contributed by atoms with van der Waals surface area (Å²) in [5, 5.41) is 0. The first-order chi connectivity index (χ1) is 11.7. The Balaban J connectivity index is 1.80. The molecule has 2 fully saturated rings. The van der Waals surface area contributed by atoms with Crippen LogP contribution < -0.4 is 0 Å². The maximum Gasteiger partial charge on any atom is 0.411 e. The van der Waals surface area contributed by atoms with Crippen molar-refractivity contribution in [1.82, 2.24) is 9.80 Å². The molecule has 2 amide bonds. The van der Waals surface area contributed by atoms with E-state index in [2.05, 4.69) is 6.92 Å². The SMILES string of the molecule is C[C@H](c1ccccc1)N1CC[C@]2(CCCN2C(=O)OC(C)(C)C)C1=O. The molecule has 1 aromatic carbocycles. The van der Waals surface area contributed by atoms with Crippen LogP contribution in [0.1, 0.15) is 58.6 Å². The van der Waals surface area contributed by atoms with Crippen molar-refractivity contribution >= 4 is 12.0 Å². The number of carbonyl (C=O) groups excluding carboxylic acids is 2. The molecule has 0 radical (unpaired) electrons. The minimum Gasteiger partial charge on any atom is -0.444 e. The average molecular weight is 344 g/mol. The van der Waals surface area contributed by atoms with Crippen molar-refractivity contribution in [3.63, 3.8) is 0 Å². The van der Waals surface area contributed by atoms with Crippen molar-refractivity contribution in [1.29, 1.82) is 0 Å². The van der Waals surface area contributed by atoms with Gasteiger partial charge >= 0.3 is 6.09 Å². The van der Waals surface area contributed by atoms with Gasteiger partial charge in [0.1, 0.15) is 11.1 Å². The molecule has 2 aliphatic rings. The fraction of sp³-hybridized carbons (Fsp3) is 0.600. The number of hydrogen-bond acceptors (Lipinski definition) is 3.